The fourth-order valence-electron chi connectivity index (χ4n) is 2.07. The van der Waals surface area contributed by atoms with Gasteiger partial charge in [0.05, 0.1) is 18.6 Å². The number of methoxy groups -OCH3 is 1. The Hall–Kier alpha value is -1.27. The molecule has 0 amide bonds. The summed E-state index contributed by atoms with van der Waals surface area (Å²) in [5, 5.41) is 0. The molecule has 1 aromatic carbocycles. The molecular weight excluding hydrogens is 266 g/mol. The van der Waals surface area contributed by atoms with Crippen molar-refractivity contribution in [2.24, 2.45) is 5.73 Å². The third kappa shape index (κ3) is 3.61. The Morgan fingerprint density at radius 2 is 2.05 bits per heavy atom. The zero-order valence-electron chi connectivity index (χ0n) is 11.1. The molecule has 19 heavy (non-hydrogen) atoms. The topological polar surface area (TPSA) is 78.6 Å². The lowest BCUT2D eigenvalue weighted by Gasteiger charge is -2.27. The number of nitrogens with two attached hydrogens (primary N) is 1. The fourth-order valence-corrected chi connectivity index (χ4v) is 3.24. The van der Waals surface area contributed by atoms with E-state index in [0.717, 1.165) is 12.0 Å². The van der Waals surface area contributed by atoms with Crippen LogP contribution in [0, 0.1) is 0 Å². The smallest absolute Gasteiger partial charge is 0.161 e. The summed E-state index contributed by atoms with van der Waals surface area (Å²) in [7, 11) is -1.31. The van der Waals surface area contributed by atoms with Gasteiger partial charge in [-0.25, -0.2) is 8.42 Å². The second kappa shape index (κ2) is 5.38. The molecule has 1 fully saturated rings. The van der Waals surface area contributed by atoms with Crippen LogP contribution < -0.4 is 15.2 Å². The van der Waals surface area contributed by atoms with Crippen molar-refractivity contribution in [3.8, 4) is 11.5 Å². The molecule has 1 saturated heterocycles. The van der Waals surface area contributed by atoms with E-state index in [1.165, 1.54) is 0 Å². The molecule has 0 saturated carbocycles. The van der Waals surface area contributed by atoms with E-state index < -0.39 is 9.84 Å². The predicted molar refractivity (Wildman–Crippen MR) is 73.4 cm³/mol. The molecule has 0 spiro atoms. The molecule has 5 nitrogen and oxygen atoms in total. The minimum absolute atomic E-state index is 0.0771. The first-order valence-corrected chi connectivity index (χ1v) is 8.01. The van der Waals surface area contributed by atoms with Gasteiger partial charge in [-0.1, -0.05) is 6.07 Å². The Bertz CT molecular complexity index is 542. The van der Waals surface area contributed by atoms with E-state index in [-0.39, 0.29) is 23.7 Å². The maximum atomic E-state index is 11.1. The van der Waals surface area contributed by atoms with Crippen LogP contribution in [-0.4, -0.2) is 39.2 Å². The van der Waals surface area contributed by atoms with Crippen molar-refractivity contribution in [3.63, 3.8) is 0 Å². The molecule has 1 unspecified atom stereocenters. The largest absolute Gasteiger partial charge is 0.493 e. The van der Waals surface area contributed by atoms with E-state index in [4.69, 9.17) is 15.2 Å². The van der Waals surface area contributed by atoms with Crippen LogP contribution in [0.1, 0.15) is 12.5 Å². The minimum Gasteiger partial charge on any atom is -0.493 e. The van der Waals surface area contributed by atoms with Gasteiger partial charge >= 0.3 is 0 Å². The summed E-state index contributed by atoms with van der Waals surface area (Å²) < 4.78 is 33.1. The fraction of sp³-hybridized carbons (Fsp3) is 0.538. The Kier molecular flexibility index (Phi) is 4.01. The highest BCUT2D eigenvalue weighted by Crippen LogP contribution is 2.31. The number of sulfone groups is 1. The molecule has 0 radical (unpaired) electrons. The Balaban J connectivity index is 2.08. The van der Waals surface area contributed by atoms with Gasteiger partial charge in [0.1, 0.15) is 6.10 Å². The molecule has 1 aromatic rings. The zero-order valence-corrected chi connectivity index (χ0v) is 11.9. The van der Waals surface area contributed by atoms with Crippen LogP contribution in [0.4, 0.5) is 0 Å². The molecule has 1 heterocycles. The lowest BCUT2D eigenvalue weighted by molar-refractivity contribution is 0.219. The van der Waals surface area contributed by atoms with Crippen LogP contribution in [0.3, 0.4) is 0 Å². The molecule has 2 N–H and O–H groups in total. The Morgan fingerprint density at radius 1 is 1.37 bits per heavy atom. The Labute approximate surface area is 113 Å². The maximum absolute atomic E-state index is 11.1. The van der Waals surface area contributed by atoms with Crippen molar-refractivity contribution in [2.75, 3.05) is 18.6 Å². The molecule has 0 bridgehead atoms. The van der Waals surface area contributed by atoms with Crippen LogP contribution in [0.25, 0.3) is 0 Å². The second-order valence-electron chi connectivity index (χ2n) is 4.98. The van der Waals surface area contributed by atoms with Crippen LogP contribution in [0.5, 0.6) is 11.5 Å². The summed E-state index contributed by atoms with van der Waals surface area (Å²) in [5.41, 5.74) is 6.83. The lowest BCUT2D eigenvalue weighted by Crippen LogP contribution is -2.45. The van der Waals surface area contributed by atoms with Gasteiger partial charge in [0.25, 0.3) is 0 Å². The van der Waals surface area contributed by atoms with Crippen molar-refractivity contribution in [3.05, 3.63) is 23.8 Å². The number of rotatable bonds is 5. The van der Waals surface area contributed by atoms with Gasteiger partial charge in [-0.3, -0.25) is 0 Å². The van der Waals surface area contributed by atoms with Gasteiger partial charge in [0.15, 0.2) is 21.3 Å². The zero-order chi connectivity index (χ0) is 14.0. The van der Waals surface area contributed by atoms with Gasteiger partial charge in [-0.05, 0) is 31.0 Å². The van der Waals surface area contributed by atoms with E-state index in [0.29, 0.717) is 11.5 Å². The van der Waals surface area contributed by atoms with Gasteiger partial charge in [-0.15, -0.1) is 0 Å². The van der Waals surface area contributed by atoms with E-state index in [1.807, 2.05) is 25.1 Å². The summed E-state index contributed by atoms with van der Waals surface area (Å²) in [6, 6.07) is 5.69. The van der Waals surface area contributed by atoms with Crippen LogP contribution >= 0.6 is 0 Å². The average Bonchev–Trinajstić information content (AvgIpc) is 2.27. The van der Waals surface area contributed by atoms with Crippen molar-refractivity contribution in [2.45, 2.75) is 25.5 Å². The molecule has 6 heteroatoms. The quantitative estimate of drug-likeness (QED) is 0.864. The summed E-state index contributed by atoms with van der Waals surface area (Å²) in [5.74, 6) is 1.36. The van der Waals surface area contributed by atoms with E-state index in [2.05, 4.69) is 0 Å². The Morgan fingerprint density at radius 3 is 2.58 bits per heavy atom. The predicted octanol–water partition coefficient (Wildman–Crippen LogP) is 0.761. The average molecular weight is 285 g/mol. The van der Waals surface area contributed by atoms with Crippen LogP contribution in [0.15, 0.2) is 18.2 Å². The molecule has 1 atom stereocenters. The van der Waals surface area contributed by atoms with Gasteiger partial charge in [0, 0.05) is 6.04 Å². The molecule has 1 aliphatic heterocycles. The highest BCUT2D eigenvalue weighted by atomic mass is 32.2. The minimum atomic E-state index is -2.88. The van der Waals surface area contributed by atoms with E-state index in [1.54, 1.807) is 7.11 Å². The second-order valence-corrected chi connectivity index (χ2v) is 7.14. The molecule has 0 aromatic heterocycles. The third-order valence-electron chi connectivity index (χ3n) is 2.96. The van der Waals surface area contributed by atoms with Crippen molar-refractivity contribution in [1.82, 2.24) is 0 Å². The summed E-state index contributed by atoms with van der Waals surface area (Å²) >= 11 is 0. The third-order valence-corrected chi connectivity index (χ3v) is 4.72. The molecule has 0 aliphatic carbocycles. The molecular formula is C13H19NO4S. The number of hydrogen-bond acceptors (Lipinski definition) is 5. The molecule has 1 aliphatic rings. The van der Waals surface area contributed by atoms with Crippen molar-refractivity contribution in [1.29, 1.82) is 0 Å². The first-order chi connectivity index (χ1) is 8.89. The standard InChI is InChI=1S/C13H19NO4S/c1-9(14)5-10-3-4-12(13(6-10)17-2)18-11-7-19(15,16)8-11/h3-4,6,9,11H,5,7-8,14H2,1-2H3. The maximum Gasteiger partial charge on any atom is 0.161 e. The summed E-state index contributed by atoms with van der Waals surface area (Å²) in [4.78, 5) is 0. The van der Waals surface area contributed by atoms with Crippen LogP contribution in [0.2, 0.25) is 0 Å². The first kappa shape index (κ1) is 14.1. The van der Waals surface area contributed by atoms with Gasteiger partial charge < -0.3 is 15.2 Å². The SMILES string of the molecule is COc1cc(CC(C)N)ccc1OC1CS(=O)(=O)C1. The van der Waals surface area contributed by atoms with Crippen molar-refractivity contribution >= 4 is 9.84 Å². The van der Waals surface area contributed by atoms with Crippen molar-refractivity contribution < 1.29 is 17.9 Å². The van der Waals surface area contributed by atoms with Gasteiger partial charge in [-0.2, -0.15) is 0 Å². The summed E-state index contributed by atoms with van der Waals surface area (Å²) in [6.45, 7) is 1.94. The lowest BCUT2D eigenvalue weighted by atomic mass is 10.1. The molecule has 2 rings (SSSR count). The highest BCUT2D eigenvalue weighted by Gasteiger charge is 2.35. The monoisotopic (exact) mass is 285 g/mol. The van der Waals surface area contributed by atoms with E-state index >= 15 is 0 Å². The number of ether oxygens (including phenoxy) is 2. The van der Waals surface area contributed by atoms with Crippen LogP contribution in [-0.2, 0) is 16.3 Å². The first-order valence-electron chi connectivity index (χ1n) is 6.19. The number of benzene rings is 1. The normalized spacial score (nSPS) is 19.5. The summed E-state index contributed by atoms with van der Waals surface area (Å²) in [6.07, 6.45) is 0.493. The highest BCUT2D eigenvalue weighted by molar-refractivity contribution is 7.92. The number of hydrogen-bond donors (Lipinski definition) is 1. The van der Waals surface area contributed by atoms with Gasteiger partial charge in [0.2, 0.25) is 0 Å². The van der Waals surface area contributed by atoms with E-state index in [9.17, 15) is 8.42 Å². The molecule has 106 valence electrons.